The summed E-state index contributed by atoms with van der Waals surface area (Å²) in [6, 6.07) is 7.50. The van der Waals surface area contributed by atoms with Crippen LogP contribution in [0.1, 0.15) is 30.7 Å². The van der Waals surface area contributed by atoms with Crippen molar-refractivity contribution < 1.29 is 0 Å². The Kier molecular flexibility index (Phi) is 2.62. The molecule has 1 aliphatic heterocycles. The summed E-state index contributed by atoms with van der Waals surface area (Å²) in [6.45, 7) is 5.62. The lowest BCUT2D eigenvalue weighted by Crippen LogP contribution is -2.41. The number of fused-ring (bicyclic) bond motifs is 3. The van der Waals surface area contributed by atoms with E-state index in [0.29, 0.717) is 0 Å². The third kappa shape index (κ3) is 1.88. The van der Waals surface area contributed by atoms with Crippen molar-refractivity contribution in [1.82, 2.24) is 14.5 Å². The second-order valence-corrected chi connectivity index (χ2v) is 6.04. The molecule has 1 aromatic heterocycles. The maximum absolute atomic E-state index is 4.85. The molecular formula is C16H21N3. The first kappa shape index (κ1) is 11.5. The van der Waals surface area contributed by atoms with Gasteiger partial charge in [-0.2, -0.15) is 0 Å². The highest BCUT2D eigenvalue weighted by Crippen LogP contribution is 2.27. The zero-order chi connectivity index (χ0) is 12.8. The van der Waals surface area contributed by atoms with E-state index in [1.165, 1.54) is 54.8 Å². The standard InChI is InChI=1S/C16H21N3/c1-12-5-6-15-14(11-12)17-16-7-8-18(9-10-19(15)16)13-3-2-4-13/h5-6,11,13H,2-4,7-10H2,1H3. The van der Waals surface area contributed by atoms with Gasteiger partial charge in [-0.05, 0) is 37.5 Å². The van der Waals surface area contributed by atoms with E-state index in [4.69, 9.17) is 4.98 Å². The first-order valence-corrected chi connectivity index (χ1v) is 7.51. The molecule has 4 rings (SSSR count). The highest BCUT2D eigenvalue weighted by atomic mass is 15.2. The molecule has 0 atom stereocenters. The van der Waals surface area contributed by atoms with Crippen molar-refractivity contribution in [1.29, 1.82) is 0 Å². The van der Waals surface area contributed by atoms with Gasteiger partial charge in [-0.1, -0.05) is 12.5 Å². The number of aromatic nitrogens is 2. The predicted molar refractivity (Wildman–Crippen MR) is 77.4 cm³/mol. The molecule has 100 valence electrons. The van der Waals surface area contributed by atoms with E-state index < -0.39 is 0 Å². The molecule has 2 heterocycles. The maximum atomic E-state index is 4.85. The van der Waals surface area contributed by atoms with Crippen LogP contribution < -0.4 is 0 Å². The maximum Gasteiger partial charge on any atom is 0.111 e. The van der Waals surface area contributed by atoms with Gasteiger partial charge in [0.05, 0.1) is 11.0 Å². The van der Waals surface area contributed by atoms with Gasteiger partial charge in [0.1, 0.15) is 5.82 Å². The Labute approximate surface area is 114 Å². The molecule has 0 radical (unpaired) electrons. The topological polar surface area (TPSA) is 21.1 Å². The van der Waals surface area contributed by atoms with Crippen molar-refractivity contribution >= 4 is 11.0 Å². The first-order valence-electron chi connectivity index (χ1n) is 7.51. The Balaban J connectivity index is 1.66. The Bertz CT molecular complexity index is 610. The van der Waals surface area contributed by atoms with E-state index in [2.05, 4.69) is 34.6 Å². The van der Waals surface area contributed by atoms with Crippen LogP contribution in [0, 0.1) is 6.92 Å². The van der Waals surface area contributed by atoms with Gasteiger partial charge in [-0.15, -0.1) is 0 Å². The summed E-state index contributed by atoms with van der Waals surface area (Å²) < 4.78 is 2.44. The third-order valence-corrected chi connectivity index (χ3v) is 4.81. The van der Waals surface area contributed by atoms with Crippen LogP contribution in [0.2, 0.25) is 0 Å². The third-order valence-electron chi connectivity index (χ3n) is 4.81. The number of imidazole rings is 1. The smallest absolute Gasteiger partial charge is 0.111 e. The monoisotopic (exact) mass is 255 g/mol. The van der Waals surface area contributed by atoms with E-state index >= 15 is 0 Å². The Morgan fingerprint density at radius 2 is 2.05 bits per heavy atom. The van der Waals surface area contributed by atoms with E-state index in [9.17, 15) is 0 Å². The summed E-state index contributed by atoms with van der Waals surface area (Å²) in [5.41, 5.74) is 3.79. The van der Waals surface area contributed by atoms with Crippen molar-refractivity contribution in [2.45, 2.75) is 45.2 Å². The average Bonchev–Trinajstić information content (AvgIpc) is 2.54. The highest BCUT2D eigenvalue weighted by molar-refractivity contribution is 5.76. The fourth-order valence-electron chi connectivity index (χ4n) is 3.43. The van der Waals surface area contributed by atoms with Crippen LogP contribution in [0.5, 0.6) is 0 Å². The molecule has 0 N–H and O–H groups in total. The predicted octanol–water partition coefficient (Wildman–Crippen LogP) is 2.76. The minimum atomic E-state index is 0.859. The zero-order valence-electron chi connectivity index (χ0n) is 11.6. The quantitative estimate of drug-likeness (QED) is 0.781. The molecule has 0 saturated heterocycles. The fraction of sp³-hybridized carbons (Fsp3) is 0.562. The van der Waals surface area contributed by atoms with E-state index in [1.807, 2.05) is 0 Å². The number of benzene rings is 1. The lowest BCUT2D eigenvalue weighted by molar-refractivity contribution is 0.130. The van der Waals surface area contributed by atoms with Crippen molar-refractivity contribution in [2.75, 3.05) is 13.1 Å². The van der Waals surface area contributed by atoms with Gasteiger partial charge in [-0.25, -0.2) is 4.98 Å². The minimum absolute atomic E-state index is 0.859. The molecule has 2 aliphatic rings. The first-order chi connectivity index (χ1) is 9.31. The second-order valence-electron chi connectivity index (χ2n) is 6.04. The summed E-state index contributed by atoms with van der Waals surface area (Å²) in [6.07, 6.45) is 5.34. The van der Waals surface area contributed by atoms with Gasteiger partial charge >= 0.3 is 0 Å². The summed E-state index contributed by atoms with van der Waals surface area (Å²) in [5.74, 6) is 1.28. The average molecular weight is 255 g/mol. The van der Waals surface area contributed by atoms with Gasteiger partial charge in [-0.3, -0.25) is 4.90 Å². The molecule has 0 bridgehead atoms. The summed E-state index contributed by atoms with van der Waals surface area (Å²) in [7, 11) is 0. The number of hydrogen-bond donors (Lipinski definition) is 0. The Morgan fingerprint density at radius 3 is 2.84 bits per heavy atom. The minimum Gasteiger partial charge on any atom is -0.327 e. The van der Waals surface area contributed by atoms with Crippen molar-refractivity contribution in [3.05, 3.63) is 29.6 Å². The lowest BCUT2D eigenvalue weighted by atomic mass is 9.91. The highest BCUT2D eigenvalue weighted by Gasteiger charge is 2.27. The number of aryl methyl sites for hydroxylation is 1. The van der Waals surface area contributed by atoms with Crippen LogP contribution in [-0.2, 0) is 13.0 Å². The van der Waals surface area contributed by atoms with Gasteiger partial charge in [0.2, 0.25) is 0 Å². The summed E-state index contributed by atoms with van der Waals surface area (Å²) in [5, 5.41) is 0. The largest absolute Gasteiger partial charge is 0.327 e. The Morgan fingerprint density at radius 1 is 1.16 bits per heavy atom. The van der Waals surface area contributed by atoms with E-state index in [-0.39, 0.29) is 0 Å². The molecule has 19 heavy (non-hydrogen) atoms. The number of rotatable bonds is 1. The molecule has 1 saturated carbocycles. The van der Waals surface area contributed by atoms with Crippen LogP contribution in [0.4, 0.5) is 0 Å². The van der Waals surface area contributed by atoms with Gasteiger partial charge in [0, 0.05) is 32.1 Å². The van der Waals surface area contributed by atoms with Gasteiger partial charge in [0.25, 0.3) is 0 Å². The van der Waals surface area contributed by atoms with Crippen molar-refractivity contribution in [3.8, 4) is 0 Å². The summed E-state index contributed by atoms with van der Waals surface area (Å²) >= 11 is 0. The summed E-state index contributed by atoms with van der Waals surface area (Å²) in [4.78, 5) is 7.53. The number of hydrogen-bond acceptors (Lipinski definition) is 2. The van der Waals surface area contributed by atoms with Gasteiger partial charge < -0.3 is 4.57 Å². The van der Waals surface area contributed by atoms with Gasteiger partial charge in [0.15, 0.2) is 0 Å². The normalized spacial score (nSPS) is 21.1. The van der Waals surface area contributed by atoms with Crippen LogP contribution in [-0.4, -0.2) is 33.6 Å². The molecule has 1 aromatic carbocycles. The lowest BCUT2D eigenvalue weighted by Gasteiger charge is -2.36. The number of nitrogens with zero attached hydrogens (tertiary/aromatic N) is 3. The van der Waals surface area contributed by atoms with Crippen LogP contribution >= 0.6 is 0 Å². The molecule has 2 aromatic rings. The zero-order valence-corrected chi connectivity index (χ0v) is 11.6. The van der Waals surface area contributed by atoms with Crippen molar-refractivity contribution in [2.24, 2.45) is 0 Å². The molecule has 1 aliphatic carbocycles. The molecule has 1 fully saturated rings. The van der Waals surface area contributed by atoms with E-state index in [1.54, 1.807) is 0 Å². The molecule has 0 spiro atoms. The van der Waals surface area contributed by atoms with Crippen LogP contribution in [0.3, 0.4) is 0 Å². The second kappa shape index (κ2) is 4.34. The molecule has 3 heteroatoms. The van der Waals surface area contributed by atoms with Crippen molar-refractivity contribution in [3.63, 3.8) is 0 Å². The fourth-order valence-corrected chi connectivity index (χ4v) is 3.43. The molecule has 0 unspecified atom stereocenters. The van der Waals surface area contributed by atoms with Crippen LogP contribution in [0.25, 0.3) is 11.0 Å². The van der Waals surface area contributed by atoms with E-state index in [0.717, 1.165) is 19.0 Å². The SMILES string of the molecule is Cc1ccc2c(c1)nc1n2CCN(C2CCC2)CC1. The molecule has 3 nitrogen and oxygen atoms in total. The molecular weight excluding hydrogens is 234 g/mol. The Hall–Kier alpha value is -1.35. The molecule has 0 amide bonds. The van der Waals surface area contributed by atoms with Crippen LogP contribution in [0.15, 0.2) is 18.2 Å².